The van der Waals surface area contributed by atoms with Crippen LogP contribution in [-0.2, 0) is 16.1 Å². The molecule has 0 spiro atoms. The number of ether oxygens (including phenoxy) is 1. The van der Waals surface area contributed by atoms with E-state index in [0.29, 0.717) is 0 Å². The molecule has 1 aromatic carbocycles. The zero-order valence-electron chi connectivity index (χ0n) is 12.1. The molecule has 1 aromatic heterocycles. The van der Waals surface area contributed by atoms with E-state index in [0.717, 1.165) is 19.6 Å². The first kappa shape index (κ1) is 14.3. The lowest BCUT2D eigenvalue weighted by atomic mass is 9.91. The van der Waals surface area contributed by atoms with E-state index in [-0.39, 0.29) is 17.8 Å². The summed E-state index contributed by atoms with van der Waals surface area (Å²) in [6, 6.07) is 12.5. The number of esters is 1. The second-order valence-corrected chi connectivity index (χ2v) is 6.25. The van der Waals surface area contributed by atoms with Crippen LogP contribution in [0.15, 0.2) is 47.2 Å². The molecule has 1 saturated heterocycles. The van der Waals surface area contributed by atoms with Gasteiger partial charge in [0.15, 0.2) is 0 Å². The number of hydrogen-bond acceptors (Lipinski definition) is 4. The van der Waals surface area contributed by atoms with Crippen molar-refractivity contribution in [2.45, 2.75) is 12.5 Å². The van der Waals surface area contributed by atoms with Gasteiger partial charge in [0.05, 0.1) is 13.0 Å². The molecule has 2 aromatic rings. The molecule has 4 heteroatoms. The van der Waals surface area contributed by atoms with Gasteiger partial charge in [-0.3, -0.25) is 9.69 Å². The van der Waals surface area contributed by atoms with Crippen LogP contribution in [0.5, 0.6) is 0 Å². The van der Waals surface area contributed by atoms with Crippen molar-refractivity contribution in [2.24, 2.45) is 5.92 Å². The lowest BCUT2D eigenvalue weighted by Crippen LogP contribution is -2.24. The molecule has 0 unspecified atom stereocenters. The van der Waals surface area contributed by atoms with Crippen molar-refractivity contribution >= 4 is 17.3 Å². The number of rotatable bonds is 4. The van der Waals surface area contributed by atoms with Gasteiger partial charge < -0.3 is 4.74 Å². The Kier molecular flexibility index (Phi) is 4.36. The van der Waals surface area contributed by atoms with Crippen molar-refractivity contribution in [2.75, 3.05) is 20.2 Å². The van der Waals surface area contributed by atoms with Crippen LogP contribution in [0.4, 0.5) is 0 Å². The van der Waals surface area contributed by atoms with E-state index in [1.165, 1.54) is 18.2 Å². The molecular formula is C17H19NO2S. The maximum Gasteiger partial charge on any atom is 0.310 e. The SMILES string of the molecule is COC(=O)[C@@H]1CN(Cc2ccccc2)C[C@@H]1c1ccsc1. The highest BCUT2D eigenvalue weighted by molar-refractivity contribution is 7.08. The Morgan fingerprint density at radius 2 is 2.10 bits per heavy atom. The van der Waals surface area contributed by atoms with Gasteiger partial charge in [0.2, 0.25) is 0 Å². The predicted molar refractivity (Wildman–Crippen MR) is 84.3 cm³/mol. The molecule has 1 fully saturated rings. The van der Waals surface area contributed by atoms with Crippen LogP contribution in [0.25, 0.3) is 0 Å². The van der Waals surface area contributed by atoms with E-state index >= 15 is 0 Å². The summed E-state index contributed by atoms with van der Waals surface area (Å²) in [6.45, 7) is 2.56. The van der Waals surface area contributed by atoms with Crippen molar-refractivity contribution in [3.05, 3.63) is 58.3 Å². The maximum atomic E-state index is 12.1. The first-order valence-corrected chi connectivity index (χ1v) is 8.08. The number of benzene rings is 1. The van der Waals surface area contributed by atoms with Crippen LogP contribution in [0.2, 0.25) is 0 Å². The van der Waals surface area contributed by atoms with Gasteiger partial charge >= 0.3 is 5.97 Å². The first-order valence-electron chi connectivity index (χ1n) is 7.14. The second-order valence-electron chi connectivity index (χ2n) is 5.47. The lowest BCUT2D eigenvalue weighted by molar-refractivity contribution is -0.145. The Labute approximate surface area is 129 Å². The van der Waals surface area contributed by atoms with E-state index in [9.17, 15) is 4.79 Å². The third-order valence-electron chi connectivity index (χ3n) is 4.12. The number of hydrogen-bond donors (Lipinski definition) is 0. The largest absolute Gasteiger partial charge is 0.469 e. The molecule has 0 amide bonds. The van der Waals surface area contributed by atoms with E-state index in [1.54, 1.807) is 11.3 Å². The Hall–Kier alpha value is -1.65. The normalized spacial score (nSPS) is 22.3. The highest BCUT2D eigenvalue weighted by Gasteiger charge is 2.39. The van der Waals surface area contributed by atoms with Crippen LogP contribution in [0.1, 0.15) is 17.0 Å². The van der Waals surface area contributed by atoms with Crippen LogP contribution in [0, 0.1) is 5.92 Å². The fourth-order valence-electron chi connectivity index (χ4n) is 3.07. The summed E-state index contributed by atoms with van der Waals surface area (Å²) in [6.07, 6.45) is 0. The van der Waals surface area contributed by atoms with Gasteiger partial charge in [-0.2, -0.15) is 11.3 Å². The molecule has 0 radical (unpaired) electrons. The van der Waals surface area contributed by atoms with Gasteiger partial charge in [0.25, 0.3) is 0 Å². The number of nitrogens with zero attached hydrogens (tertiary/aromatic N) is 1. The highest BCUT2D eigenvalue weighted by Crippen LogP contribution is 2.35. The number of likely N-dealkylation sites (tertiary alicyclic amines) is 1. The molecule has 110 valence electrons. The van der Waals surface area contributed by atoms with E-state index in [2.05, 4.69) is 46.0 Å². The molecule has 0 N–H and O–H groups in total. The summed E-state index contributed by atoms with van der Waals surface area (Å²) in [4.78, 5) is 14.4. The maximum absolute atomic E-state index is 12.1. The third kappa shape index (κ3) is 3.17. The average molecular weight is 301 g/mol. The summed E-state index contributed by atoms with van der Waals surface area (Å²) < 4.78 is 5.00. The summed E-state index contributed by atoms with van der Waals surface area (Å²) in [7, 11) is 1.48. The molecule has 0 bridgehead atoms. The van der Waals surface area contributed by atoms with Crippen LogP contribution in [0.3, 0.4) is 0 Å². The van der Waals surface area contributed by atoms with Crippen LogP contribution in [-0.4, -0.2) is 31.1 Å². The van der Waals surface area contributed by atoms with Gasteiger partial charge in [-0.1, -0.05) is 30.3 Å². The van der Waals surface area contributed by atoms with Gasteiger partial charge in [-0.25, -0.2) is 0 Å². The fourth-order valence-corrected chi connectivity index (χ4v) is 3.79. The van der Waals surface area contributed by atoms with Crippen LogP contribution < -0.4 is 0 Å². The minimum absolute atomic E-state index is 0.0617. The second kappa shape index (κ2) is 6.41. The van der Waals surface area contributed by atoms with E-state index in [1.807, 2.05) is 6.07 Å². The Balaban J connectivity index is 1.76. The monoisotopic (exact) mass is 301 g/mol. The van der Waals surface area contributed by atoms with Gasteiger partial charge in [-0.15, -0.1) is 0 Å². The van der Waals surface area contributed by atoms with Crippen molar-refractivity contribution in [3.63, 3.8) is 0 Å². The summed E-state index contributed by atoms with van der Waals surface area (Å²) in [5.41, 5.74) is 2.54. The number of carbonyl (C=O) groups excluding carboxylic acids is 1. The van der Waals surface area contributed by atoms with Gasteiger partial charge in [0, 0.05) is 25.6 Å². The lowest BCUT2D eigenvalue weighted by Gasteiger charge is -2.15. The minimum Gasteiger partial charge on any atom is -0.469 e. The molecule has 1 aliphatic heterocycles. The number of carbonyl (C=O) groups is 1. The molecular weight excluding hydrogens is 282 g/mol. The zero-order chi connectivity index (χ0) is 14.7. The summed E-state index contributed by atoms with van der Waals surface area (Å²) in [5.74, 6) is 0.0856. The topological polar surface area (TPSA) is 29.5 Å². The molecule has 1 aliphatic rings. The summed E-state index contributed by atoms with van der Waals surface area (Å²) >= 11 is 1.68. The van der Waals surface area contributed by atoms with E-state index < -0.39 is 0 Å². The molecule has 21 heavy (non-hydrogen) atoms. The smallest absolute Gasteiger partial charge is 0.310 e. The van der Waals surface area contributed by atoms with E-state index in [4.69, 9.17) is 4.74 Å². The Bertz CT molecular complexity index is 582. The molecule has 2 atom stereocenters. The molecule has 2 heterocycles. The van der Waals surface area contributed by atoms with Crippen LogP contribution >= 0.6 is 11.3 Å². The molecule has 0 aliphatic carbocycles. The van der Waals surface area contributed by atoms with Crippen molar-refractivity contribution < 1.29 is 9.53 Å². The molecule has 0 saturated carbocycles. The predicted octanol–water partition coefficient (Wildman–Crippen LogP) is 3.14. The van der Waals surface area contributed by atoms with Gasteiger partial charge in [-0.05, 0) is 28.0 Å². The zero-order valence-corrected chi connectivity index (χ0v) is 12.9. The van der Waals surface area contributed by atoms with Crippen molar-refractivity contribution in [1.82, 2.24) is 4.90 Å². The highest BCUT2D eigenvalue weighted by atomic mass is 32.1. The Morgan fingerprint density at radius 1 is 1.29 bits per heavy atom. The third-order valence-corrected chi connectivity index (χ3v) is 4.82. The average Bonchev–Trinajstić information content (AvgIpc) is 3.16. The number of thiophene rings is 1. The van der Waals surface area contributed by atoms with Crippen molar-refractivity contribution in [3.8, 4) is 0 Å². The molecule has 3 nitrogen and oxygen atoms in total. The standard InChI is InChI=1S/C17H19NO2S/c1-20-17(19)16-11-18(9-13-5-3-2-4-6-13)10-15(16)14-7-8-21-12-14/h2-8,12,15-16H,9-11H2,1H3/t15-,16-/m1/s1. The number of methoxy groups -OCH3 is 1. The van der Waals surface area contributed by atoms with Crippen molar-refractivity contribution in [1.29, 1.82) is 0 Å². The Morgan fingerprint density at radius 3 is 2.76 bits per heavy atom. The van der Waals surface area contributed by atoms with Gasteiger partial charge in [0.1, 0.15) is 0 Å². The minimum atomic E-state index is -0.0956. The quantitative estimate of drug-likeness (QED) is 0.813. The molecule has 3 rings (SSSR count). The summed E-state index contributed by atoms with van der Waals surface area (Å²) in [5, 5.41) is 4.22. The fraction of sp³-hybridized carbons (Fsp3) is 0.353. The first-order chi connectivity index (χ1) is 10.3.